The molecule has 1 fully saturated rings. The Kier molecular flexibility index (Phi) is 4.21. The van der Waals surface area contributed by atoms with Crippen LogP contribution < -0.4 is 0 Å². The molecule has 0 atom stereocenters. The molecule has 1 heterocycles. The highest BCUT2D eigenvalue weighted by molar-refractivity contribution is 6.46. The summed E-state index contributed by atoms with van der Waals surface area (Å²) in [4.78, 5) is 0. The molecule has 0 aliphatic carbocycles. The Morgan fingerprint density at radius 2 is 1.69 bits per heavy atom. The lowest BCUT2D eigenvalue weighted by Crippen LogP contribution is -2.41. The second kappa shape index (κ2) is 4.90. The predicted molar refractivity (Wildman–Crippen MR) is 66.5 cm³/mol. The zero-order valence-electron chi connectivity index (χ0n) is 11.3. The smallest absolute Gasteiger partial charge is 0.403 e. The number of hydrogen-bond acceptors (Lipinski definition) is 3. The van der Waals surface area contributed by atoms with Gasteiger partial charge in [-0.3, -0.25) is 0 Å². The number of rotatable bonds is 4. The number of methoxy groups -OCH3 is 1. The van der Waals surface area contributed by atoms with Crippen molar-refractivity contribution in [1.82, 2.24) is 0 Å². The molecule has 1 aliphatic rings. The molecule has 0 aromatic heterocycles. The zero-order valence-corrected chi connectivity index (χ0v) is 11.3. The number of ether oxygens (including phenoxy) is 1. The van der Waals surface area contributed by atoms with Crippen LogP contribution in [0.1, 0.15) is 34.6 Å². The minimum Gasteiger partial charge on any atom is -0.403 e. The van der Waals surface area contributed by atoms with E-state index in [1.165, 1.54) is 5.57 Å². The van der Waals surface area contributed by atoms with Crippen LogP contribution in [0, 0.1) is 0 Å². The van der Waals surface area contributed by atoms with Gasteiger partial charge in [0.25, 0.3) is 0 Å². The molecule has 0 amide bonds. The molecule has 0 N–H and O–H groups in total. The molecule has 0 aromatic rings. The van der Waals surface area contributed by atoms with Gasteiger partial charge in [0.05, 0.1) is 17.8 Å². The predicted octanol–water partition coefficient (Wildman–Crippen LogP) is 2.67. The number of allylic oxidation sites excluding steroid dienone is 1. The lowest BCUT2D eigenvalue weighted by molar-refractivity contribution is 0.00578. The average molecular weight is 226 g/mol. The maximum Gasteiger partial charge on any atom is 0.461 e. The van der Waals surface area contributed by atoms with Gasteiger partial charge in [0.15, 0.2) is 0 Å². The van der Waals surface area contributed by atoms with Crippen molar-refractivity contribution < 1.29 is 14.0 Å². The topological polar surface area (TPSA) is 27.7 Å². The van der Waals surface area contributed by atoms with E-state index in [4.69, 9.17) is 14.0 Å². The van der Waals surface area contributed by atoms with Crippen molar-refractivity contribution in [2.45, 2.75) is 52.1 Å². The van der Waals surface area contributed by atoms with Gasteiger partial charge in [-0.15, -0.1) is 0 Å². The second-order valence-electron chi connectivity index (χ2n) is 5.41. The molecule has 0 radical (unpaired) electrons. The summed E-state index contributed by atoms with van der Waals surface area (Å²) in [6, 6.07) is 0. The number of hydrogen-bond donors (Lipinski definition) is 0. The molecule has 1 aliphatic heterocycles. The highest BCUT2D eigenvalue weighted by Gasteiger charge is 2.50. The minimum absolute atomic E-state index is 0.142. The third-order valence-electron chi connectivity index (χ3n) is 3.33. The van der Waals surface area contributed by atoms with Gasteiger partial charge in [0.1, 0.15) is 0 Å². The summed E-state index contributed by atoms with van der Waals surface area (Å²) in [5.74, 6) is 0. The highest BCUT2D eigenvalue weighted by atomic mass is 16.7. The second-order valence-corrected chi connectivity index (χ2v) is 5.41. The Morgan fingerprint density at radius 1 is 1.19 bits per heavy atom. The van der Waals surface area contributed by atoms with Crippen molar-refractivity contribution in [3.8, 4) is 0 Å². The maximum atomic E-state index is 5.88. The van der Waals surface area contributed by atoms with Crippen LogP contribution in [0.4, 0.5) is 0 Å². The van der Waals surface area contributed by atoms with E-state index in [1.807, 2.05) is 0 Å². The van der Waals surface area contributed by atoms with E-state index in [0.717, 1.165) is 6.32 Å². The van der Waals surface area contributed by atoms with Crippen LogP contribution >= 0.6 is 0 Å². The molecular weight excluding hydrogens is 203 g/mol. The van der Waals surface area contributed by atoms with Crippen LogP contribution in [0.3, 0.4) is 0 Å². The van der Waals surface area contributed by atoms with Crippen LogP contribution in [0.25, 0.3) is 0 Å². The molecule has 16 heavy (non-hydrogen) atoms. The van der Waals surface area contributed by atoms with E-state index in [-0.39, 0.29) is 18.3 Å². The van der Waals surface area contributed by atoms with Crippen LogP contribution in [-0.4, -0.2) is 32.0 Å². The summed E-state index contributed by atoms with van der Waals surface area (Å²) in [5, 5.41) is 0. The highest BCUT2D eigenvalue weighted by Crippen LogP contribution is 2.37. The first-order chi connectivity index (χ1) is 7.28. The Labute approximate surface area is 99.3 Å². The summed E-state index contributed by atoms with van der Waals surface area (Å²) < 4.78 is 16.8. The van der Waals surface area contributed by atoms with Crippen LogP contribution in [0.2, 0.25) is 6.32 Å². The maximum absolute atomic E-state index is 5.88. The molecule has 1 saturated heterocycles. The Morgan fingerprint density at radius 3 is 2.12 bits per heavy atom. The molecule has 0 spiro atoms. The van der Waals surface area contributed by atoms with Crippen LogP contribution in [0.15, 0.2) is 11.6 Å². The standard InChI is InChI=1S/C12H23BO3/c1-10(9-14-6)7-8-13-15-11(2,3)12(4,5)16-13/h7H,8-9H2,1-6H3/b10-7+. The molecule has 1 rings (SSSR count). The van der Waals surface area contributed by atoms with Gasteiger partial charge in [-0.25, -0.2) is 0 Å². The summed E-state index contributed by atoms with van der Waals surface area (Å²) in [7, 11) is 1.56. The van der Waals surface area contributed by atoms with Gasteiger partial charge in [0, 0.05) is 13.4 Å². The first-order valence-corrected chi connectivity index (χ1v) is 5.79. The van der Waals surface area contributed by atoms with Crippen molar-refractivity contribution in [2.75, 3.05) is 13.7 Å². The first kappa shape index (κ1) is 13.7. The van der Waals surface area contributed by atoms with E-state index < -0.39 is 0 Å². The van der Waals surface area contributed by atoms with Gasteiger partial charge in [0.2, 0.25) is 0 Å². The van der Waals surface area contributed by atoms with Gasteiger partial charge in [-0.1, -0.05) is 11.6 Å². The van der Waals surface area contributed by atoms with E-state index >= 15 is 0 Å². The third-order valence-corrected chi connectivity index (χ3v) is 3.33. The molecule has 92 valence electrons. The van der Waals surface area contributed by atoms with Gasteiger partial charge < -0.3 is 14.0 Å². The van der Waals surface area contributed by atoms with E-state index in [0.29, 0.717) is 6.61 Å². The fourth-order valence-corrected chi connectivity index (χ4v) is 1.65. The minimum atomic E-state index is -0.235. The molecule has 3 nitrogen and oxygen atoms in total. The Balaban J connectivity index is 2.51. The fourth-order valence-electron chi connectivity index (χ4n) is 1.65. The Hall–Kier alpha value is -0.315. The van der Waals surface area contributed by atoms with Crippen molar-refractivity contribution in [3.05, 3.63) is 11.6 Å². The van der Waals surface area contributed by atoms with Crippen LogP contribution in [-0.2, 0) is 14.0 Å². The zero-order chi connectivity index (χ0) is 12.4. The third kappa shape index (κ3) is 3.09. The summed E-state index contributed by atoms with van der Waals surface area (Å²) in [5.41, 5.74) is 0.735. The van der Waals surface area contributed by atoms with E-state index in [9.17, 15) is 0 Å². The lowest BCUT2D eigenvalue weighted by atomic mass is 9.84. The molecule has 4 heteroatoms. The van der Waals surface area contributed by atoms with Crippen molar-refractivity contribution >= 4 is 7.12 Å². The molecule has 0 saturated carbocycles. The van der Waals surface area contributed by atoms with Crippen LogP contribution in [0.5, 0.6) is 0 Å². The molecule has 0 bridgehead atoms. The SMILES string of the molecule is COC/C(C)=C/CB1OC(C)(C)C(C)(C)O1. The normalized spacial score (nSPS) is 23.9. The molecule has 0 unspecified atom stereocenters. The quantitative estimate of drug-likeness (QED) is 0.544. The van der Waals surface area contributed by atoms with E-state index in [1.54, 1.807) is 7.11 Å². The summed E-state index contributed by atoms with van der Waals surface area (Å²) in [6.45, 7) is 11.0. The van der Waals surface area contributed by atoms with Gasteiger partial charge in [-0.2, -0.15) is 0 Å². The average Bonchev–Trinajstić information content (AvgIpc) is 2.33. The van der Waals surface area contributed by atoms with Crippen molar-refractivity contribution in [3.63, 3.8) is 0 Å². The van der Waals surface area contributed by atoms with E-state index in [2.05, 4.69) is 40.7 Å². The first-order valence-electron chi connectivity index (χ1n) is 5.79. The molecule has 0 aromatic carbocycles. The fraction of sp³-hybridized carbons (Fsp3) is 0.833. The molecular formula is C12H23BO3. The van der Waals surface area contributed by atoms with Crippen molar-refractivity contribution in [1.29, 1.82) is 0 Å². The Bertz CT molecular complexity index is 255. The summed E-state index contributed by atoms with van der Waals surface area (Å²) in [6.07, 6.45) is 2.90. The van der Waals surface area contributed by atoms with Gasteiger partial charge in [-0.05, 0) is 34.6 Å². The van der Waals surface area contributed by atoms with Crippen molar-refractivity contribution in [2.24, 2.45) is 0 Å². The largest absolute Gasteiger partial charge is 0.461 e. The van der Waals surface area contributed by atoms with Gasteiger partial charge >= 0.3 is 7.12 Å². The lowest BCUT2D eigenvalue weighted by Gasteiger charge is -2.32. The summed E-state index contributed by atoms with van der Waals surface area (Å²) >= 11 is 0. The monoisotopic (exact) mass is 226 g/mol.